The molecule has 4 nitrogen and oxygen atoms in total. The van der Waals surface area contributed by atoms with Gasteiger partial charge in [0.25, 0.3) is 0 Å². The van der Waals surface area contributed by atoms with Gasteiger partial charge in [-0.15, -0.1) is 0 Å². The number of carbonyl (C=O) groups is 1. The van der Waals surface area contributed by atoms with E-state index in [2.05, 4.69) is 20.9 Å². The van der Waals surface area contributed by atoms with Crippen LogP contribution in [-0.2, 0) is 10.3 Å². The maximum atomic E-state index is 13.4. The van der Waals surface area contributed by atoms with Crippen molar-refractivity contribution in [3.63, 3.8) is 0 Å². The third-order valence-electron chi connectivity index (χ3n) is 1.87. The van der Waals surface area contributed by atoms with Crippen molar-refractivity contribution in [1.82, 2.24) is 4.98 Å². The van der Waals surface area contributed by atoms with Crippen molar-refractivity contribution >= 4 is 21.9 Å². The summed E-state index contributed by atoms with van der Waals surface area (Å²) in [5, 5.41) is 8.62. The minimum atomic E-state index is -1.31. The molecule has 82 valence electrons. The lowest BCUT2D eigenvalue weighted by Gasteiger charge is -2.22. The fourth-order valence-electron chi connectivity index (χ4n) is 1.23. The van der Waals surface area contributed by atoms with E-state index in [-0.39, 0.29) is 12.1 Å². The number of aromatic nitrogens is 1. The molecule has 1 rings (SSSR count). The van der Waals surface area contributed by atoms with Crippen LogP contribution in [0.15, 0.2) is 16.7 Å². The van der Waals surface area contributed by atoms with Gasteiger partial charge in [0.15, 0.2) is 0 Å². The molecule has 0 saturated carbocycles. The van der Waals surface area contributed by atoms with Gasteiger partial charge >= 0.3 is 5.97 Å². The van der Waals surface area contributed by atoms with Gasteiger partial charge in [-0.1, -0.05) is 0 Å². The average molecular weight is 277 g/mol. The summed E-state index contributed by atoms with van der Waals surface area (Å²) >= 11 is 3.05. The molecule has 1 aromatic rings. The molecule has 0 amide bonds. The van der Waals surface area contributed by atoms with Gasteiger partial charge in [-0.05, 0) is 28.9 Å². The zero-order chi connectivity index (χ0) is 11.6. The molecule has 1 aromatic heterocycles. The molecule has 0 aromatic carbocycles. The summed E-state index contributed by atoms with van der Waals surface area (Å²) in [6.07, 6.45) is 1.00. The lowest BCUT2D eigenvalue weighted by Crippen LogP contribution is -2.37. The lowest BCUT2D eigenvalue weighted by molar-refractivity contribution is -0.138. The second-order valence-corrected chi connectivity index (χ2v) is 4.39. The number of rotatable bonds is 3. The quantitative estimate of drug-likeness (QED) is 0.880. The van der Waals surface area contributed by atoms with Gasteiger partial charge in [0, 0.05) is 10.7 Å². The van der Waals surface area contributed by atoms with E-state index in [9.17, 15) is 9.18 Å². The molecular formula is C9H10BrFN2O2. The average Bonchev–Trinajstić information content (AvgIpc) is 1.99. The van der Waals surface area contributed by atoms with E-state index >= 15 is 0 Å². The number of hydrogen-bond donors (Lipinski definition) is 2. The monoisotopic (exact) mass is 276 g/mol. The number of hydrogen-bond acceptors (Lipinski definition) is 3. The second-order valence-electron chi connectivity index (χ2n) is 3.47. The minimum Gasteiger partial charge on any atom is -0.481 e. The van der Waals surface area contributed by atoms with Gasteiger partial charge in [0.2, 0.25) is 0 Å². The molecule has 15 heavy (non-hydrogen) atoms. The maximum absolute atomic E-state index is 13.4. The molecule has 0 radical (unpaired) electrons. The van der Waals surface area contributed by atoms with Crippen LogP contribution in [0.3, 0.4) is 0 Å². The topological polar surface area (TPSA) is 76.2 Å². The first-order chi connectivity index (χ1) is 6.83. The molecule has 3 N–H and O–H groups in total. The normalized spacial score (nSPS) is 14.7. The lowest BCUT2D eigenvalue weighted by atomic mass is 9.94. The first kappa shape index (κ1) is 12.1. The standard InChI is InChI=1S/C9H10BrFN2O2/c1-9(12,3-7(14)15)8-6(11)2-5(10)4-13-8/h2,4H,3,12H2,1H3,(H,14,15)/t9-/m1/s1. The van der Waals surface area contributed by atoms with E-state index in [0.29, 0.717) is 4.47 Å². The fourth-order valence-corrected chi connectivity index (χ4v) is 1.54. The van der Waals surface area contributed by atoms with Crippen LogP contribution in [0, 0.1) is 5.82 Å². The SMILES string of the molecule is C[C@@](N)(CC(=O)O)c1ncc(Br)cc1F. The molecule has 0 unspecified atom stereocenters. The highest BCUT2D eigenvalue weighted by molar-refractivity contribution is 9.10. The molecule has 1 heterocycles. The summed E-state index contributed by atoms with van der Waals surface area (Å²) in [6, 6.07) is 1.20. The van der Waals surface area contributed by atoms with Crippen molar-refractivity contribution in [1.29, 1.82) is 0 Å². The second kappa shape index (κ2) is 4.24. The van der Waals surface area contributed by atoms with Crippen LogP contribution >= 0.6 is 15.9 Å². The Kier molecular flexibility index (Phi) is 3.41. The molecule has 0 bridgehead atoms. The van der Waals surface area contributed by atoms with Crippen molar-refractivity contribution in [2.45, 2.75) is 18.9 Å². The largest absolute Gasteiger partial charge is 0.481 e. The molecule has 1 atom stereocenters. The van der Waals surface area contributed by atoms with E-state index in [1.807, 2.05) is 0 Å². The Balaban J connectivity index is 3.09. The zero-order valence-electron chi connectivity index (χ0n) is 8.00. The van der Waals surface area contributed by atoms with Crippen LogP contribution in [0.4, 0.5) is 4.39 Å². The molecule has 0 saturated heterocycles. The summed E-state index contributed by atoms with van der Waals surface area (Å²) in [7, 11) is 0. The summed E-state index contributed by atoms with van der Waals surface area (Å²) in [4.78, 5) is 14.3. The smallest absolute Gasteiger partial charge is 0.305 e. The first-order valence-electron chi connectivity index (χ1n) is 4.15. The molecule has 0 fully saturated rings. The van der Waals surface area contributed by atoms with E-state index in [1.165, 1.54) is 19.2 Å². The molecule has 0 aliphatic heterocycles. The number of nitrogens with two attached hydrogens (primary N) is 1. The highest BCUT2D eigenvalue weighted by Gasteiger charge is 2.29. The van der Waals surface area contributed by atoms with E-state index in [1.54, 1.807) is 0 Å². The van der Waals surface area contributed by atoms with E-state index in [4.69, 9.17) is 10.8 Å². The van der Waals surface area contributed by atoms with Crippen molar-refractivity contribution in [2.75, 3.05) is 0 Å². The number of halogens is 2. The van der Waals surface area contributed by atoms with Gasteiger partial charge in [0.1, 0.15) is 5.82 Å². The Morgan fingerprint density at radius 2 is 2.40 bits per heavy atom. The number of carboxylic acids is 1. The zero-order valence-corrected chi connectivity index (χ0v) is 9.58. The Morgan fingerprint density at radius 3 is 2.87 bits per heavy atom. The van der Waals surface area contributed by atoms with Crippen LogP contribution in [0.1, 0.15) is 19.0 Å². The van der Waals surface area contributed by atoms with Gasteiger partial charge in [-0.2, -0.15) is 0 Å². The van der Waals surface area contributed by atoms with Crippen LogP contribution in [0.25, 0.3) is 0 Å². The minimum absolute atomic E-state index is 0.0481. The van der Waals surface area contributed by atoms with Crippen LogP contribution in [0.2, 0.25) is 0 Å². The number of nitrogens with zero attached hydrogens (tertiary/aromatic N) is 1. The van der Waals surface area contributed by atoms with E-state index in [0.717, 1.165) is 0 Å². The highest BCUT2D eigenvalue weighted by atomic mass is 79.9. The highest BCUT2D eigenvalue weighted by Crippen LogP contribution is 2.24. The summed E-state index contributed by atoms with van der Waals surface area (Å²) < 4.78 is 13.9. The molecule has 0 spiro atoms. The Bertz CT molecular complexity index is 396. The van der Waals surface area contributed by atoms with Gasteiger partial charge in [-0.3, -0.25) is 9.78 Å². The van der Waals surface area contributed by atoms with Crippen LogP contribution in [-0.4, -0.2) is 16.1 Å². The molecular weight excluding hydrogens is 267 g/mol. The van der Waals surface area contributed by atoms with Gasteiger partial charge in [-0.25, -0.2) is 4.39 Å². The molecule has 6 heteroatoms. The fraction of sp³-hybridized carbons (Fsp3) is 0.333. The number of pyridine rings is 1. The molecule has 0 aliphatic carbocycles. The van der Waals surface area contributed by atoms with Gasteiger partial charge in [0.05, 0.1) is 17.7 Å². The third-order valence-corrected chi connectivity index (χ3v) is 2.30. The first-order valence-corrected chi connectivity index (χ1v) is 4.94. The maximum Gasteiger partial charge on any atom is 0.305 e. The summed E-state index contributed by atoms with van der Waals surface area (Å²) in [5.41, 5.74) is 4.33. The predicted octanol–water partition coefficient (Wildman–Crippen LogP) is 1.63. The van der Waals surface area contributed by atoms with Crippen LogP contribution < -0.4 is 5.73 Å². The van der Waals surface area contributed by atoms with E-state index < -0.39 is 17.3 Å². The Hall–Kier alpha value is -1.01. The van der Waals surface area contributed by atoms with Crippen molar-refractivity contribution in [2.24, 2.45) is 5.73 Å². The Morgan fingerprint density at radius 1 is 1.80 bits per heavy atom. The van der Waals surface area contributed by atoms with Crippen LogP contribution in [0.5, 0.6) is 0 Å². The van der Waals surface area contributed by atoms with Gasteiger partial charge < -0.3 is 10.8 Å². The van der Waals surface area contributed by atoms with Crippen molar-refractivity contribution in [3.8, 4) is 0 Å². The number of carboxylic acid groups (broad SMARTS) is 1. The predicted molar refractivity (Wildman–Crippen MR) is 55.7 cm³/mol. The van der Waals surface area contributed by atoms with Crippen molar-refractivity contribution in [3.05, 3.63) is 28.2 Å². The molecule has 0 aliphatic rings. The summed E-state index contributed by atoms with van der Waals surface area (Å²) in [6.45, 7) is 1.43. The van der Waals surface area contributed by atoms with Crippen molar-refractivity contribution < 1.29 is 14.3 Å². The Labute approximate surface area is 94.4 Å². The summed E-state index contributed by atoms with van der Waals surface area (Å²) in [5.74, 6) is -1.71. The number of aliphatic carboxylic acids is 1. The third kappa shape index (κ3) is 2.97.